The Bertz CT molecular complexity index is 3780. The molecule has 10 rings (SSSR count). The third-order valence-corrected chi connectivity index (χ3v) is 11.4. The van der Waals surface area contributed by atoms with E-state index in [1.807, 2.05) is 0 Å². The van der Waals surface area contributed by atoms with Crippen LogP contribution in [-0.4, -0.2) is 52.4 Å². The summed E-state index contributed by atoms with van der Waals surface area (Å²) in [7, 11) is 0. The van der Waals surface area contributed by atoms with Gasteiger partial charge in [-0.25, -0.2) is 101 Å². The molecule has 0 radical (unpaired) electrons. The van der Waals surface area contributed by atoms with E-state index in [0.717, 1.165) is 0 Å². The van der Waals surface area contributed by atoms with Crippen LogP contribution >= 0.6 is 11.8 Å². The zero-order valence-electron chi connectivity index (χ0n) is 32.1. The maximum absolute atomic E-state index is 16.3. The minimum absolute atomic E-state index is 0.0221. The van der Waals surface area contributed by atoms with E-state index in [4.69, 9.17) is 4.74 Å². The number of aromatic amines is 2. The van der Waals surface area contributed by atoms with Gasteiger partial charge in [0.1, 0.15) is 22.6 Å². The Hall–Kier alpha value is -7.77. The van der Waals surface area contributed by atoms with Crippen molar-refractivity contribution in [2.75, 3.05) is 6.61 Å². The number of hydrogen-bond donors (Lipinski definition) is 2. The highest BCUT2D eigenvalue weighted by molar-refractivity contribution is 7.99. The number of nitrogens with zero attached hydrogens (tertiary/aromatic N) is 6. The van der Waals surface area contributed by atoms with Crippen molar-refractivity contribution in [3.8, 4) is 45.6 Å². The first-order valence-electron chi connectivity index (χ1n) is 18.4. The van der Waals surface area contributed by atoms with Crippen molar-refractivity contribution >= 4 is 61.9 Å². The Balaban J connectivity index is 1.42. The van der Waals surface area contributed by atoms with Crippen LogP contribution in [-0.2, 0) is 4.74 Å². The highest BCUT2D eigenvalue weighted by Gasteiger charge is 2.37. The van der Waals surface area contributed by atoms with Crippen molar-refractivity contribution in [2.24, 2.45) is 0 Å². The number of halogens is 15. The third-order valence-electron chi connectivity index (χ3n) is 10.3. The number of carbonyl (C=O) groups is 1. The van der Waals surface area contributed by atoms with Crippen LogP contribution < -0.4 is 0 Å². The molecule has 67 heavy (non-hydrogen) atoms. The molecule has 10 nitrogen and oxygen atoms in total. The van der Waals surface area contributed by atoms with E-state index in [2.05, 4.69) is 39.9 Å². The highest BCUT2D eigenvalue weighted by atomic mass is 32.2. The van der Waals surface area contributed by atoms with Crippen LogP contribution in [0, 0.1) is 87.3 Å². The molecule has 0 spiro atoms. The van der Waals surface area contributed by atoms with Gasteiger partial charge in [0.15, 0.2) is 111 Å². The van der Waals surface area contributed by atoms with Gasteiger partial charge in [-0.05, 0) is 31.2 Å². The number of nitrogens with one attached hydrogen (secondary N) is 2. The Morgan fingerprint density at radius 1 is 0.433 bits per heavy atom. The van der Waals surface area contributed by atoms with Crippen molar-refractivity contribution in [3.63, 3.8) is 0 Å². The summed E-state index contributed by atoms with van der Waals surface area (Å²) in [5, 5.41) is -5.63. The van der Waals surface area contributed by atoms with Crippen LogP contribution in [0.1, 0.15) is 17.3 Å². The first-order valence-corrected chi connectivity index (χ1v) is 19.2. The lowest BCUT2D eigenvalue weighted by molar-refractivity contribution is 0.0526. The zero-order valence-corrected chi connectivity index (χ0v) is 32.9. The second-order valence-electron chi connectivity index (χ2n) is 14.0. The summed E-state index contributed by atoms with van der Waals surface area (Å²) in [4.78, 5) is 38.3. The largest absolute Gasteiger partial charge is 0.462 e. The number of ether oxygens (including phenoxy) is 1. The normalized spacial score (nSPS) is 12.1. The van der Waals surface area contributed by atoms with Gasteiger partial charge in [-0.2, -0.15) is 0 Å². The molecular weight excluding hydrogens is 954 g/mol. The highest BCUT2D eigenvalue weighted by Crippen LogP contribution is 2.48. The summed E-state index contributed by atoms with van der Waals surface area (Å²) in [6.45, 7) is 1.49. The van der Waals surface area contributed by atoms with Crippen LogP contribution in [0.15, 0.2) is 34.1 Å². The lowest BCUT2D eigenvalue weighted by Crippen LogP contribution is -2.04. The molecular formula is C41H11F15N8O2S. The van der Waals surface area contributed by atoms with Gasteiger partial charge in [-0.1, -0.05) is 11.8 Å². The summed E-state index contributed by atoms with van der Waals surface area (Å²) >= 11 is 0.291. The van der Waals surface area contributed by atoms with Gasteiger partial charge in [-0.15, -0.1) is 0 Å². The fourth-order valence-corrected chi connectivity index (χ4v) is 8.32. The summed E-state index contributed by atoms with van der Waals surface area (Å²) in [6, 6.07) is 4.75. The number of rotatable bonds is 4. The van der Waals surface area contributed by atoms with Gasteiger partial charge >= 0.3 is 5.97 Å². The summed E-state index contributed by atoms with van der Waals surface area (Å²) in [5.74, 6) is -40.9. The lowest BCUT2D eigenvalue weighted by Gasteiger charge is -2.12. The average molecular weight is 965 g/mol. The Morgan fingerprint density at radius 3 is 1.10 bits per heavy atom. The molecule has 26 heteroatoms. The van der Waals surface area contributed by atoms with Crippen LogP contribution in [0.2, 0.25) is 0 Å². The Labute approximate surface area is 362 Å². The molecule has 0 unspecified atom stereocenters. The number of benzene rings is 5. The fraction of sp³-hybridized carbons (Fsp3) is 0.0488. The van der Waals surface area contributed by atoms with Gasteiger partial charge in [0.2, 0.25) is 0 Å². The lowest BCUT2D eigenvalue weighted by atomic mass is 10.1. The first-order chi connectivity index (χ1) is 31.8. The molecule has 0 atom stereocenters. The van der Waals surface area contributed by atoms with E-state index in [1.165, 1.54) is 31.2 Å². The quantitative estimate of drug-likeness (QED) is 0.0765. The van der Waals surface area contributed by atoms with Crippen molar-refractivity contribution in [1.82, 2.24) is 39.9 Å². The second-order valence-corrected chi connectivity index (χ2v) is 15.1. The molecule has 5 heterocycles. The SMILES string of the molecule is CCOC(=O)c1ccc(Sc2c(F)c(F)c(F)c3c2-c2nc-3nc3[nH]c(nc4nc(nc5[nH]c(n2)c2c(F)c(F)c(F)c(F)c52)-c2c(F)c(F)c(F)c(F)c2-4)c2c(F)c(F)c(F)c(F)c32)cc1. The van der Waals surface area contributed by atoms with Gasteiger partial charge < -0.3 is 14.7 Å². The van der Waals surface area contributed by atoms with E-state index in [1.54, 1.807) is 0 Å². The molecule has 0 saturated heterocycles. The predicted octanol–water partition coefficient (Wildman–Crippen LogP) is 11.3. The summed E-state index contributed by atoms with van der Waals surface area (Å²) < 4.78 is 237. The number of aromatic nitrogens is 8. The molecule has 0 fully saturated rings. The Kier molecular flexibility index (Phi) is 9.75. The molecule has 0 aliphatic carbocycles. The number of fused-ring (bicyclic) bond motifs is 20. The molecule has 2 N–H and O–H groups in total. The molecule has 0 amide bonds. The minimum atomic E-state index is -2.53. The molecule has 3 aromatic heterocycles. The van der Waals surface area contributed by atoms with Crippen LogP contribution in [0.5, 0.6) is 0 Å². The fourth-order valence-electron chi connectivity index (χ4n) is 7.33. The summed E-state index contributed by atoms with van der Waals surface area (Å²) in [5.41, 5.74) is -10.0. The standard InChI is InChI=1S/C41H11F15N8O2S/c1-2-66-41(65)7-3-5-8(6-4-7)67-32-16-15(23(48)30(55)31(32)56)39-62-37-12-11(19(44)26(51)27(52)20(12)45)35(60-37)58-33-9-10(18(43)25(50)24(49)17(9)42)34(57-33)59-36-13-14(38(61-36)63-40(16)64-39)22(47)29(54)28(53)21(13)46/h3-6H,2H2,1H3,(H2,57,58,59,60,61,62,63,64). The minimum Gasteiger partial charge on any atom is -0.462 e. The summed E-state index contributed by atoms with van der Waals surface area (Å²) in [6.07, 6.45) is 0. The van der Waals surface area contributed by atoms with Gasteiger partial charge in [0.05, 0.1) is 60.9 Å². The number of H-pyrrole nitrogens is 2. The van der Waals surface area contributed by atoms with Gasteiger partial charge in [0, 0.05) is 4.90 Å². The molecule has 8 bridgehead atoms. The molecule has 0 saturated carbocycles. The smallest absolute Gasteiger partial charge is 0.338 e. The second kappa shape index (κ2) is 15.1. The zero-order chi connectivity index (χ0) is 47.8. The van der Waals surface area contributed by atoms with Crippen molar-refractivity contribution in [3.05, 3.63) is 117 Å². The van der Waals surface area contributed by atoms with Crippen molar-refractivity contribution < 1.29 is 75.4 Å². The average Bonchev–Trinajstić information content (AvgIpc) is 4.06. The number of carbonyl (C=O) groups excluding carboxylic acids is 1. The van der Waals surface area contributed by atoms with E-state index in [-0.39, 0.29) is 17.1 Å². The molecule has 2 aliphatic heterocycles. The van der Waals surface area contributed by atoms with E-state index in [9.17, 15) is 31.1 Å². The van der Waals surface area contributed by atoms with Crippen LogP contribution in [0.3, 0.4) is 0 Å². The molecule has 5 aromatic carbocycles. The molecule has 338 valence electrons. The molecule has 8 aromatic rings. The Morgan fingerprint density at radius 2 is 0.746 bits per heavy atom. The van der Waals surface area contributed by atoms with E-state index < -0.39 is 188 Å². The maximum Gasteiger partial charge on any atom is 0.338 e. The monoisotopic (exact) mass is 964 g/mol. The van der Waals surface area contributed by atoms with Crippen LogP contribution in [0.25, 0.3) is 89.7 Å². The van der Waals surface area contributed by atoms with Crippen molar-refractivity contribution in [2.45, 2.75) is 16.7 Å². The molecule has 2 aliphatic rings. The maximum atomic E-state index is 16.3. The third kappa shape index (κ3) is 6.14. The first kappa shape index (κ1) is 43.1. The van der Waals surface area contributed by atoms with E-state index in [0.29, 0.717) is 11.8 Å². The van der Waals surface area contributed by atoms with Gasteiger partial charge in [0.25, 0.3) is 0 Å². The topological polar surface area (TPSA) is 135 Å². The number of esters is 1. The van der Waals surface area contributed by atoms with Gasteiger partial charge in [-0.3, -0.25) is 0 Å². The van der Waals surface area contributed by atoms with E-state index >= 15 is 39.5 Å². The predicted molar refractivity (Wildman–Crippen MR) is 202 cm³/mol. The number of hydrogen-bond acceptors (Lipinski definition) is 9. The van der Waals surface area contributed by atoms with Crippen LogP contribution in [0.4, 0.5) is 65.9 Å². The van der Waals surface area contributed by atoms with Crippen molar-refractivity contribution in [1.29, 1.82) is 0 Å².